The Kier molecular flexibility index (Phi) is 4.04. The molecule has 1 unspecified atom stereocenters. The normalized spacial score (nSPS) is 25.3. The number of carbonyl (C=O) groups is 1. The van der Waals surface area contributed by atoms with Gasteiger partial charge in [0.05, 0.1) is 0 Å². The standard InChI is InChI=1S/C20H30N2O/c1-19(2)8-9-20(3,4)17-11-15(5-6-16(17)19)18(23)22-10-7-14(12-21)13-22/h5-6,11,14H,7-10,12-13,21H2,1-4H3. The summed E-state index contributed by atoms with van der Waals surface area (Å²) in [6.07, 6.45) is 3.40. The van der Waals surface area contributed by atoms with Gasteiger partial charge in [0, 0.05) is 18.7 Å². The van der Waals surface area contributed by atoms with Gasteiger partial charge in [-0.15, -0.1) is 0 Å². The minimum Gasteiger partial charge on any atom is -0.338 e. The zero-order chi connectivity index (χ0) is 16.8. The Morgan fingerprint density at radius 3 is 2.43 bits per heavy atom. The summed E-state index contributed by atoms with van der Waals surface area (Å²) in [5.74, 6) is 0.634. The molecule has 1 aromatic carbocycles. The lowest BCUT2D eigenvalue weighted by Crippen LogP contribution is -2.35. The van der Waals surface area contributed by atoms with Crippen LogP contribution in [-0.2, 0) is 10.8 Å². The first-order chi connectivity index (χ1) is 10.7. The predicted octanol–water partition coefficient (Wildman–Crippen LogP) is 3.46. The van der Waals surface area contributed by atoms with Crippen LogP contribution in [0, 0.1) is 5.92 Å². The second kappa shape index (κ2) is 5.62. The molecule has 1 aromatic rings. The highest BCUT2D eigenvalue weighted by Gasteiger charge is 2.37. The number of benzene rings is 1. The van der Waals surface area contributed by atoms with Crippen molar-refractivity contribution >= 4 is 5.91 Å². The van der Waals surface area contributed by atoms with Crippen LogP contribution in [0.3, 0.4) is 0 Å². The lowest BCUT2D eigenvalue weighted by atomic mass is 9.63. The number of hydrogen-bond acceptors (Lipinski definition) is 2. The van der Waals surface area contributed by atoms with Crippen LogP contribution < -0.4 is 5.73 Å². The summed E-state index contributed by atoms with van der Waals surface area (Å²) in [6.45, 7) is 11.6. The molecule has 3 nitrogen and oxygen atoms in total. The molecule has 0 saturated carbocycles. The number of likely N-dealkylation sites (tertiary alicyclic amines) is 1. The van der Waals surface area contributed by atoms with E-state index in [1.165, 1.54) is 24.0 Å². The molecule has 2 N–H and O–H groups in total. The second-order valence-electron chi connectivity index (χ2n) is 8.67. The number of hydrogen-bond donors (Lipinski definition) is 1. The topological polar surface area (TPSA) is 46.3 Å². The van der Waals surface area contributed by atoms with Crippen molar-refractivity contribution in [2.24, 2.45) is 11.7 Å². The fraction of sp³-hybridized carbons (Fsp3) is 0.650. The molecule has 0 radical (unpaired) electrons. The quantitative estimate of drug-likeness (QED) is 0.908. The van der Waals surface area contributed by atoms with Gasteiger partial charge in [0.1, 0.15) is 0 Å². The largest absolute Gasteiger partial charge is 0.338 e. The Morgan fingerprint density at radius 2 is 1.83 bits per heavy atom. The highest BCUT2D eigenvalue weighted by atomic mass is 16.2. The van der Waals surface area contributed by atoms with Crippen LogP contribution in [0.4, 0.5) is 0 Å². The molecule has 3 rings (SSSR count). The summed E-state index contributed by atoms with van der Waals surface area (Å²) in [5.41, 5.74) is 9.70. The van der Waals surface area contributed by atoms with E-state index in [1.54, 1.807) is 0 Å². The maximum Gasteiger partial charge on any atom is 0.253 e. The van der Waals surface area contributed by atoms with E-state index < -0.39 is 0 Å². The van der Waals surface area contributed by atoms with Gasteiger partial charge in [0.25, 0.3) is 5.91 Å². The van der Waals surface area contributed by atoms with Crippen molar-refractivity contribution in [3.05, 3.63) is 34.9 Å². The Morgan fingerprint density at radius 1 is 1.17 bits per heavy atom. The molecule has 0 aromatic heterocycles. The lowest BCUT2D eigenvalue weighted by molar-refractivity contribution is 0.0787. The van der Waals surface area contributed by atoms with Gasteiger partial charge in [0.15, 0.2) is 0 Å². The lowest BCUT2D eigenvalue weighted by Gasteiger charge is -2.42. The van der Waals surface area contributed by atoms with Crippen molar-refractivity contribution in [1.29, 1.82) is 0 Å². The molecule has 1 aliphatic heterocycles. The van der Waals surface area contributed by atoms with Gasteiger partial charge in [-0.1, -0.05) is 33.8 Å². The van der Waals surface area contributed by atoms with Gasteiger partial charge >= 0.3 is 0 Å². The van der Waals surface area contributed by atoms with E-state index >= 15 is 0 Å². The molecular weight excluding hydrogens is 284 g/mol. The number of nitrogens with two attached hydrogens (primary N) is 1. The van der Waals surface area contributed by atoms with Crippen molar-refractivity contribution < 1.29 is 4.79 Å². The SMILES string of the molecule is CC1(C)CCC(C)(C)c2cc(C(=O)N3CCC(CN)C3)ccc21. The summed E-state index contributed by atoms with van der Waals surface area (Å²) >= 11 is 0. The van der Waals surface area contributed by atoms with Crippen molar-refractivity contribution in [3.8, 4) is 0 Å². The van der Waals surface area contributed by atoms with Crippen LogP contribution in [0.2, 0.25) is 0 Å². The van der Waals surface area contributed by atoms with E-state index in [1.807, 2.05) is 11.0 Å². The first kappa shape index (κ1) is 16.5. The molecule has 0 spiro atoms. The second-order valence-corrected chi connectivity index (χ2v) is 8.67. The van der Waals surface area contributed by atoms with Crippen LogP contribution >= 0.6 is 0 Å². The minimum absolute atomic E-state index is 0.145. The Labute approximate surface area is 140 Å². The van der Waals surface area contributed by atoms with Crippen LogP contribution in [0.25, 0.3) is 0 Å². The zero-order valence-corrected chi connectivity index (χ0v) is 15.0. The molecule has 1 heterocycles. The van der Waals surface area contributed by atoms with Crippen molar-refractivity contribution in [1.82, 2.24) is 4.90 Å². The summed E-state index contributed by atoms with van der Waals surface area (Å²) in [7, 11) is 0. The molecule has 1 atom stereocenters. The van der Waals surface area contributed by atoms with Crippen LogP contribution in [-0.4, -0.2) is 30.4 Å². The first-order valence-corrected chi connectivity index (χ1v) is 8.89. The molecule has 3 heteroatoms. The van der Waals surface area contributed by atoms with Crippen molar-refractivity contribution in [2.75, 3.05) is 19.6 Å². The van der Waals surface area contributed by atoms with Crippen LogP contribution in [0.15, 0.2) is 18.2 Å². The van der Waals surface area contributed by atoms with Gasteiger partial charge in [-0.25, -0.2) is 0 Å². The van der Waals surface area contributed by atoms with Crippen molar-refractivity contribution in [2.45, 2.75) is 57.8 Å². The maximum atomic E-state index is 12.9. The van der Waals surface area contributed by atoms with E-state index in [2.05, 4.69) is 39.8 Å². The molecule has 0 bridgehead atoms. The number of nitrogens with zero attached hydrogens (tertiary/aromatic N) is 1. The van der Waals surface area contributed by atoms with Crippen LogP contribution in [0.5, 0.6) is 0 Å². The Balaban J connectivity index is 1.93. The molecule has 1 saturated heterocycles. The minimum atomic E-state index is 0.145. The van der Waals surface area contributed by atoms with E-state index in [9.17, 15) is 4.79 Å². The third-order valence-electron chi connectivity index (χ3n) is 6.01. The fourth-order valence-corrected chi connectivity index (χ4v) is 4.11. The average Bonchev–Trinajstić information content (AvgIpc) is 3.00. The van der Waals surface area contributed by atoms with Gasteiger partial charge in [0.2, 0.25) is 0 Å². The summed E-state index contributed by atoms with van der Waals surface area (Å²) in [6, 6.07) is 6.38. The number of fused-ring (bicyclic) bond motifs is 1. The smallest absolute Gasteiger partial charge is 0.253 e. The third kappa shape index (κ3) is 2.91. The molecule has 23 heavy (non-hydrogen) atoms. The van der Waals surface area contributed by atoms with Crippen molar-refractivity contribution in [3.63, 3.8) is 0 Å². The monoisotopic (exact) mass is 314 g/mol. The number of rotatable bonds is 2. The van der Waals surface area contributed by atoms with Crippen LogP contribution in [0.1, 0.15) is 68.4 Å². The number of amides is 1. The molecular formula is C20H30N2O. The highest BCUT2D eigenvalue weighted by Crippen LogP contribution is 2.46. The Bertz CT molecular complexity index is 618. The molecule has 1 aliphatic carbocycles. The predicted molar refractivity (Wildman–Crippen MR) is 94.8 cm³/mol. The highest BCUT2D eigenvalue weighted by molar-refractivity contribution is 5.94. The summed E-state index contributed by atoms with van der Waals surface area (Å²) < 4.78 is 0. The molecule has 1 fully saturated rings. The van der Waals surface area contributed by atoms with Gasteiger partial charge in [-0.2, -0.15) is 0 Å². The maximum absolute atomic E-state index is 12.9. The van der Waals surface area contributed by atoms with E-state index in [4.69, 9.17) is 5.73 Å². The average molecular weight is 314 g/mol. The molecule has 1 amide bonds. The summed E-state index contributed by atoms with van der Waals surface area (Å²) in [5, 5.41) is 0. The fourth-order valence-electron chi connectivity index (χ4n) is 4.11. The van der Waals surface area contributed by atoms with E-state index in [0.717, 1.165) is 25.1 Å². The summed E-state index contributed by atoms with van der Waals surface area (Å²) in [4.78, 5) is 14.8. The third-order valence-corrected chi connectivity index (χ3v) is 6.01. The number of carbonyl (C=O) groups excluding carboxylic acids is 1. The molecule has 126 valence electrons. The zero-order valence-electron chi connectivity index (χ0n) is 15.0. The molecule has 2 aliphatic rings. The van der Waals surface area contributed by atoms with Gasteiger partial charge < -0.3 is 10.6 Å². The van der Waals surface area contributed by atoms with E-state index in [0.29, 0.717) is 12.5 Å². The van der Waals surface area contributed by atoms with E-state index in [-0.39, 0.29) is 16.7 Å². The first-order valence-electron chi connectivity index (χ1n) is 8.89. The van der Waals surface area contributed by atoms with Gasteiger partial charge in [-0.05, 0) is 65.8 Å². The Hall–Kier alpha value is -1.35. The van der Waals surface area contributed by atoms with Gasteiger partial charge in [-0.3, -0.25) is 4.79 Å².